The number of aromatic nitrogens is 1. The molecular weight excluding hydrogens is 470 g/mol. The van der Waals surface area contributed by atoms with Crippen LogP contribution in [-0.2, 0) is 28.9 Å². The summed E-state index contributed by atoms with van der Waals surface area (Å²) < 4.78 is 11.1. The largest absolute Gasteiger partial charge is 0.456 e. The van der Waals surface area contributed by atoms with Crippen LogP contribution >= 0.6 is 0 Å². The van der Waals surface area contributed by atoms with Crippen molar-refractivity contribution in [3.63, 3.8) is 0 Å². The Kier molecular flexibility index (Phi) is 7.57. The van der Waals surface area contributed by atoms with Crippen molar-refractivity contribution in [1.29, 1.82) is 0 Å². The zero-order valence-corrected chi connectivity index (χ0v) is 21.5. The molecule has 1 aromatic heterocycles. The molecule has 0 spiro atoms. The van der Waals surface area contributed by atoms with Crippen molar-refractivity contribution >= 4 is 23.7 Å². The molecule has 37 heavy (non-hydrogen) atoms. The highest BCUT2D eigenvalue weighted by Crippen LogP contribution is 2.32. The van der Waals surface area contributed by atoms with Crippen LogP contribution < -0.4 is 10.2 Å². The first-order valence-corrected chi connectivity index (χ1v) is 12.2. The Bertz CT molecular complexity index is 1310. The monoisotopic (exact) mass is 501 g/mol. The summed E-state index contributed by atoms with van der Waals surface area (Å²) in [4.78, 5) is 44.1. The van der Waals surface area contributed by atoms with E-state index in [1.54, 1.807) is 31.7 Å². The minimum atomic E-state index is -0.674. The maximum Gasteiger partial charge on any atom is 0.414 e. The van der Waals surface area contributed by atoms with Gasteiger partial charge in [-0.15, -0.1) is 0 Å². The van der Waals surface area contributed by atoms with Gasteiger partial charge in [-0.25, -0.2) is 14.6 Å². The number of anilines is 1. The summed E-state index contributed by atoms with van der Waals surface area (Å²) >= 11 is 0. The predicted octanol–water partition coefficient (Wildman–Crippen LogP) is 4.69. The van der Waals surface area contributed by atoms with Crippen LogP contribution in [0.1, 0.15) is 64.0 Å². The van der Waals surface area contributed by atoms with E-state index in [2.05, 4.69) is 10.3 Å². The number of nitrogens with one attached hydrogen (secondary N) is 1. The number of fused-ring (bicyclic) bond motifs is 1. The summed E-state index contributed by atoms with van der Waals surface area (Å²) in [7, 11) is 1.51. The second kappa shape index (κ2) is 10.8. The number of rotatable bonds is 6. The molecule has 4 rings (SSSR count). The molecule has 0 aliphatic carbocycles. The fraction of sp³-hybridized carbons (Fsp3) is 0.310. The van der Waals surface area contributed by atoms with Gasteiger partial charge in [0.25, 0.3) is 5.91 Å². The van der Waals surface area contributed by atoms with E-state index in [4.69, 9.17) is 9.47 Å². The molecule has 8 nitrogen and oxygen atoms in total. The van der Waals surface area contributed by atoms with Gasteiger partial charge in [-0.1, -0.05) is 42.5 Å². The van der Waals surface area contributed by atoms with Gasteiger partial charge in [-0.05, 0) is 62.1 Å². The summed E-state index contributed by atoms with van der Waals surface area (Å²) in [5, 5.41) is 2.56. The average Bonchev–Trinajstić information content (AvgIpc) is 3.31. The number of amides is 2. The number of benzene rings is 2. The molecule has 3 aromatic rings. The lowest BCUT2D eigenvalue weighted by Crippen LogP contribution is -2.29. The number of ether oxygens (including phenoxy) is 2. The highest BCUT2D eigenvalue weighted by Gasteiger charge is 2.28. The minimum absolute atomic E-state index is 0.138. The molecule has 0 saturated heterocycles. The van der Waals surface area contributed by atoms with Crippen molar-refractivity contribution < 1.29 is 23.9 Å². The second-order valence-corrected chi connectivity index (χ2v) is 9.85. The molecule has 0 saturated carbocycles. The molecule has 192 valence electrons. The maximum atomic E-state index is 12.8. The van der Waals surface area contributed by atoms with Gasteiger partial charge in [-0.2, -0.15) is 0 Å². The molecule has 2 aromatic carbocycles. The number of nitrogens with zero attached hydrogens (tertiary/aromatic N) is 2. The summed E-state index contributed by atoms with van der Waals surface area (Å²) in [6.07, 6.45) is 0.656. The highest BCUT2D eigenvalue weighted by atomic mass is 16.6. The van der Waals surface area contributed by atoms with Gasteiger partial charge < -0.3 is 14.8 Å². The lowest BCUT2D eigenvalue weighted by molar-refractivity contribution is 0.00691. The second-order valence-electron chi connectivity index (χ2n) is 9.85. The topological polar surface area (TPSA) is 97.8 Å². The van der Waals surface area contributed by atoms with E-state index >= 15 is 0 Å². The van der Waals surface area contributed by atoms with Crippen LogP contribution in [0, 0.1) is 0 Å². The quantitative estimate of drug-likeness (QED) is 0.492. The minimum Gasteiger partial charge on any atom is -0.456 e. The van der Waals surface area contributed by atoms with E-state index in [-0.39, 0.29) is 17.9 Å². The molecule has 0 bridgehead atoms. The molecule has 1 N–H and O–H groups in total. The number of hydrogen-bond acceptors (Lipinski definition) is 6. The van der Waals surface area contributed by atoms with E-state index in [1.807, 2.05) is 48.5 Å². The third-order valence-corrected chi connectivity index (χ3v) is 5.89. The summed E-state index contributed by atoms with van der Waals surface area (Å²) in [6.45, 7) is 6.08. The van der Waals surface area contributed by atoms with Crippen LogP contribution in [0.15, 0.2) is 60.7 Å². The zero-order chi connectivity index (χ0) is 26.6. The van der Waals surface area contributed by atoms with E-state index in [9.17, 15) is 14.4 Å². The Balaban J connectivity index is 1.57. The molecule has 0 fully saturated rings. The van der Waals surface area contributed by atoms with E-state index < -0.39 is 23.6 Å². The van der Waals surface area contributed by atoms with Crippen molar-refractivity contribution in [3.05, 3.63) is 94.3 Å². The van der Waals surface area contributed by atoms with Crippen LogP contribution in [0.4, 0.5) is 10.5 Å². The van der Waals surface area contributed by atoms with Crippen LogP contribution in [0.5, 0.6) is 0 Å². The Morgan fingerprint density at radius 2 is 1.78 bits per heavy atom. The molecule has 1 aliphatic rings. The fourth-order valence-corrected chi connectivity index (χ4v) is 4.23. The van der Waals surface area contributed by atoms with Crippen molar-refractivity contribution in [2.75, 3.05) is 18.5 Å². The Morgan fingerprint density at radius 3 is 2.49 bits per heavy atom. The van der Waals surface area contributed by atoms with Gasteiger partial charge in [0, 0.05) is 25.7 Å². The fourth-order valence-electron chi connectivity index (χ4n) is 4.23. The van der Waals surface area contributed by atoms with Crippen molar-refractivity contribution in [3.8, 4) is 0 Å². The molecule has 8 heteroatoms. The standard InChI is InChI=1S/C29H31N3O5/c1-29(2,3)37-27(34)21-16-22(31-24(17-21)26(33)30-4)15-20-11-8-12-25-23(20)13-14-32(25)28(35)36-18-19-9-6-5-7-10-19/h5-12,16-17H,13-15,18H2,1-4H3,(H,30,33). The first kappa shape index (κ1) is 25.9. The number of pyridine rings is 1. The van der Waals surface area contributed by atoms with Gasteiger partial charge in [-0.3, -0.25) is 9.69 Å². The predicted molar refractivity (Wildman–Crippen MR) is 140 cm³/mol. The summed E-state index contributed by atoms with van der Waals surface area (Å²) in [5.74, 6) is -0.913. The van der Waals surface area contributed by atoms with Crippen molar-refractivity contribution in [2.45, 2.75) is 45.8 Å². The molecule has 2 heterocycles. The smallest absolute Gasteiger partial charge is 0.414 e. The van der Waals surface area contributed by atoms with E-state index in [0.29, 0.717) is 25.1 Å². The van der Waals surface area contributed by atoms with E-state index in [1.165, 1.54) is 13.1 Å². The third kappa shape index (κ3) is 6.33. The van der Waals surface area contributed by atoms with Crippen LogP contribution in [0.25, 0.3) is 0 Å². The van der Waals surface area contributed by atoms with Crippen LogP contribution in [0.2, 0.25) is 0 Å². The van der Waals surface area contributed by atoms with Crippen LogP contribution in [0.3, 0.4) is 0 Å². The first-order chi connectivity index (χ1) is 17.6. The molecular formula is C29H31N3O5. The maximum absolute atomic E-state index is 12.8. The number of carbonyl (C=O) groups excluding carboxylic acids is 3. The van der Waals surface area contributed by atoms with Crippen LogP contribution in [-0.4, -0.2) is 42.1 Å². The van der Waals surface area contributed by atoms with Gasteiger partial charge >= 0.3 is 12.1 Å². The molecule has 1 aliphatic heterocycles. The molecule has 2 amide bonds. The molecule has 0 atom stereocenters. The molecule has 0 radical (unpaired) electrons. The SMILES string of the molecule is CNC(=O)c1cc(C(=O)OC(C)(C)C)cc(Cc2cccc3c2CCN3C(=O)OCc2ccccc2)n1. The Morgan fingerprint density at radius 1 is 1.03 bits per heavy atom. The summed E-state index contributed by atoms with van der Waals surface area (Å²) in [6, 6.07) is 18.4. The first-order valence-electron chi connectivity index (χ1n) is 12.2. The van der Waals surface area contributed by atoms with Crippen molar-refractivity contribution in [2.24, 2.45) is 0 Å². The van der Waals surface area contributed by atoms with Gasteiger partial charge in [0.05, 0.1) is 11.3 Å². The van der Waals surface area contributed by atoms with Gasteiger partial charge in [0.2, 0.25) is 0 Å². The third-order valence-electron chi connectivity index (χ3n) is 5.89. The average molecular weight is 502 g/mol. The summed E-state index contributed by atoms with van der Waals surface area (Å²) in [5.41, 5.74) is 3.99. The number of carbonyl (C=O) groups is 3. The lowest BCUT2D eigenvalue weighted by atomic mass is 9.99. The normalized spacial score (nSPS) is 12.6. The van der Waals surface area contributed by atoms with E-state index in [0.717, 1.165) is 22.4 Å². The van der Waals surface area contributed by atoms with Crippen molar-refractivity contribution in [1.82, 2.24) is 10.3 Å². The Hall–Kier alpha value is -4.20. The zero-order valence-electron chi connectivity index (χ0n) is 21.5. The van der Waals surface area contributed by atoms with Gasteiger partial charge in [0.15, 0.2) is 0 Å². The van der Waals surface area contributed by atoms with Gasteiger partial charge in [0.1, 0.15) is 17.9 Å². The molecule has 0 unspecified atom stereocenters. The number of hydrogen-bond donors (Lipinski definition) is 1. The number of esters is 1. The lowest BCUT2D eigenvalue weighted by Gasteiger charge is -2.20. The Labute approximate surface area is 216 Å². The highest BCUT2D eigenvalue weighted by molar-refractivity contribution is 5.96.